The second-order valence-electron chi connectivity index (χ2n) is 6.34. The summed E-state index contributed by atoms with van der Waals surface area (Å²) < 4.78 is 5.25. The number of rotatable bonds is 6. The number of hydrogen-bond acceptors (Lipinski definition) is 3. The van der Waals surface area contributed by atoms with Crippen LogP contribution in [0.1, 0.15) is 29.8 Å². The first-order chi connectivity index (χ1) is 12.3. The molecule has 0 saturated heterocycles. The highest BCUT2D eigenvalue weighted by Gasteiger charge is 2.26. The number of nitrogens with one attached hydrogen (secondary N) is 2. The lowest BCUT2D eigenvalue weighted by molar-refractivity contribution is -0.118. The molecular formula is C20H23ClN2O3. The second kappa shape index (κ2) is 8.72. The van der Waals surface area contributed by atoms with Crippen LogP contribution in [0.5, 0.6) is 5.75 Å². The SMILES string of the molecule is COc1ccc(Cl)cc1NC(=O)[C@@H](NC(=O)c1ccccc1C)C(C)C. The van der Waals surface area contributed by atoms with E-state index in [4.69, 9.17) is 16.3 Å². The van der Waals surface area contributed by atoms with Crippen molar-refractivity contribution in [1.82, 2.24) is 5.32 Å². The van der Waals surface area contributed by atoms with Gasteiger partial charge in [-0.05, 0) is 42.7 Å². The monoisotopic (exact) mass is 374 g/mol. The third kappa shape index (κ3) is 4.76. The van der Waals surface area contributed by atoms with Crippen molar-refractivity contribution in [1.29, 1.82) is 0 Å². The van der Waals surface area contributed by atoms with Gasteiger partial charge in [0.15, 0.2) is 0 Å². The third-order valence-corrected chi connectivity index (χ3v) is 4.28. The minimum Gasteiger partial charge on any atom is -0.495 e. The van der Waals surface area contributed by atoms with Crippen molar-refractivity contribution < 1.29 is 14.3 Å². The molecule has 5 nitrogen and oxygen atoms in total. The molecule has 6 heteroatoms. The summed E-state index contributed by atoms with van der Waals surface area (Å²) in [6.07, 6.45) is 0. The Morgan fingerprint density at radius 1 is 1.12 bits per heavy atom. The lowest BCUT2D eigenvalue weighted by Gasteiger charge is -2.22. The maximum Gasteiger partial charge on any atom is 0.252 e. The van der Waals surface area contributed by atoms with Crippen LogP contribution < -0.4 is 15.4 Å². The summed E-state index contributed by atoms with van der Waals surface area (Å²) in [6, 6.07) is 11.5. The minimum absolute atomic E-state index is 0.104. The van der Waals surface area contributed by atoms with E-state index < -0.39 is 6.04 Å². The van der Waals surface area contributed by atoms with Crippen molar-refractivity contribution in [2.24, 2.45) is 5.92 Å². The molecule has 0 aliphatic carbocycles. The first-order valence-electron chi connectivity index (χ1n) is 8.34. The van der Waals surface area contributed by atoms with Gasteiger partial charge in [0.2, 0.25) is 5.91 Å². The number of halogens is 1. The Bertz CT molecular complexity index is 805. The zero-order chi connectivity index (χ0) is 19.3. The number of carbonyl (C=O) groups is 2. The molecule has 0 saturated carbocycles. The van der Waals surface area contributed by atoms with Crippen LogP contribution in [0.3, 0.4) is 0 Å². The van der Waals surface area contributed by atoms with E-state index in [0.29, 0.717) is 22.0 Å². The van der Waals surface area contributed by atoms with Crippen molar-refractivity contribution in [3.8, 4) is 5.75 Å². The Balaban J connectivity index is 2.19. The van der Waals surface area contributed by atoms with Gasteiger partial charge >= 0.3 is 0 Å². The fourth-order valence-corrected chi connectivity index (χ4v) is 2.74. The predicted octanol–water partition coefficient (Wildman–Crippen LogP) is 4.05. The number of methoxy groups -OCH3 is 1. The van der Waals surface area contributed by atoms with Gasteiger partial charge in [-0.3, -0.25) is 9.59 Å². The van der Waals surface area contributed by atoms with Crippen LogP contribution in [-0.4, -0.2) is 25.0 Å². The van der Waals surface area contributed by atoms with Gasteiger partial charge in [0.05, 0.1) is 12.8 Å². The standard InChI is InChI=1S/C20H23ClN2O3/c1-12(2)18(23-19(24)15-8-6-5-7-13(15)3)20(25)22-16-11-14(21)9-10-17(16)26-4/h5-12,18H,1-4H3,(H,22,25)(H,23,24)/t18-/m0/s1. The van der Waals surface area contributed by atoms with Gasteiger partial charge in [-0.25, -0.2) is 0 Å². The molecule has 2 amide bonds. The maximum absolute atomic E-state index is 12.8. The number of hydrogen-bond donors (Lipinski definition) is 2. The topological polar surface area (TPSA) is 67.4 Å². The van der Waals surface area contributed by atoms with Gasteiger partial charge in [-0.15, -0.1) is 0 Å². The van der Waals surface area contributed by atoms with Crippen LogP contribution in [0.25, 0.3) is 0 Å². The van der Waals surface area contributed by atoms with Crippen molar-refractivity contribution in [3.05, 3.63) is 58.6 Å². The molecule has 0 aliphatic heterocycles. The summed E-state index contributed by atoms with van der Waals surface area (Å²) in [5, 5.41) is 6.09. The molecule has 26 heavy (non-hydrogen) atoms. The highest BCUT2D eigenvalue weighted by Crippen LogP contribution is 2.28. The first-order valence-corrected chi connectivity index (χ1v) is 8.72. The molecule has 2 aromatic carbocycles. The fourth-order valence-electron chi connectivity index (χ4n) is 2.57. The van der Waals surface area contributed by atoms with Gasteiger partial charge in [0, 0.05) is 10.6 Å². The van der Waals surface area contributed by atoms with Crippen molar-refractivity contribution in [3.63, 3.8) is 0 Å². The molecule has 0 spiro atoms. The average molecular weight is 375 g/mol. The lowest BCUT2D eigenvalue weighted by atomic mass is 10.0. The molecule has 0 unspecified atom stereocenters. The smallest absolute Gasteiger partial charge is 0.252 e. The largest absolute Gasteiger partial charge is 0.495 e. The third-order valence-electron chi connectivity index (χ3n) is 4.04. The van der Waals surface area contributed by atoms with E-state index >= 15 is 0 Å². The molecule has 0 heterocycles. The maximum atomic E-state index is 12.8. The zero-order valence-corrected chi connectivity index (χ0v) is 16.1. The number of amides is 2. The summed E-state index contributed by atoms with van der Waals surface area (Å²) in [5.41, 5.74) is 1.86. The molecule has 0 aromatic heterocycles. The van der Waals surface area contributed by atoms with Crippen LogP contribution in [0.4, 0.5) is 5.69 Å². The molecule has 0 radical (unpaired) electrons. The van der Waals surface area contributed by atoms with Crippen LogP contribution in [0, 0.1) is 12.8 Å². The highest BCUT2D eigenvalue weighted by molar-refractivity contribution is 6.31. The number of benzene rings is 2. The molecule has 0 fully saturated rings. The van der Waals surface area contributed by atoms with Crippen LogP contribution in [-0.2, 0) is 4.79 Å². The van der Waals surface area contributed by atoms with Gasteiger partial charge in [0.1, 0.15) is 11.8 Å². The predicted molar refractivity (Wildman–Crippen MR) is 104 cm³/mol. The normalized spacial score (nSPS) is 11.8. The van der Waals surface area contributed by atoms with Crippen LogP contribution in [0.15, 0.2) is 42.5 Å². The number of carbonyl (C=O) groups excluding carboxylic acids is 2. The molecular weight excluding hydrogens is 352 g/mol. The van der Waals surface area contributed by atoms with E-state index in [9.17, 15) is 9.59 Å². The highest BCUT2D eigenvalue weighted by atomic mass is 35.5. The lowest BCUT2D eigenvalue weighted by Crippen LogP contribution is -2.47. The van der Waals surface area contributed by atoms with Crippen molar-refractivity contribution in [2.75, 3.05) is 12.4 Å². The van der Waals surface area contributed by atoms with Crippen LogP contribution >= 0.6 is 11.6 Å². The zero-order valence-electron chi connectivity index (χ0n) is 15.3. The molecule has 2 N–H and O–H groups in total. The Kier molecular flexibility index (Phi) is 6.64. The van der Waals surface area contributed by atoms with Gasteiger partial charge in [-0.2, -0.15) is 0 Å². The quantitative estimate of drug-likeness (QED) is 0.801. The first kappa shape index (κ1) is 19.8. The number of anilines is 1. The van der Waals surface area contributed by atoms with Gasteiger partial charge in [-0.1, -0.05) is 43.6 Å². The molecule has 1 atom stereocenters. The summed E-state index contributed by atoms with van der Waals surface area (Å²) >= 11 is 6.00. The van der Waals surface area contributed by atoms with E-state index in [-0.39, 0.29) is 17.7 Å². The summed E-state index contributed by atoms with van der Waals surface area (Å²) in [6.45, 7) is 5.60. The Morgan fingerprint density at radius 3 is 2.42 bits per heavy atom. The molecule has 2 aromatic rings. The Hall–Kier alpha value is -2.53. The van der Waals surface area contributed by atoms with E-state index in [2.05, 4.69) is 10.6 Å². The van der Waals surface area contributed by atoms with Gasteiger partial charge in [0.25, 0.3) is 5.91 Å². The molecule has 138 valence electrons. The summed E-state index contributed by atoms with van der Waals surface area (Å²) in [7, 11) is 1.51. The molecule has 0 bridgehead atoms. The second-order valence-corrected chi connectivity index (χ2v) is 6.78. The Morgan fingerprint density at radius 2 is 1.81 bits per heavy atom. The van der Waals surface area contributed by atoms with E-state index in [1.165, 1.54) is 7.11 Å². The fraction of sp³-hybridized carbons (Fsp3) is 0.300. The van der Waals surface area contributed by atoms with E-state index in [1.54, 1.807) is 30.3 Å². The van der Waals surface area contributed by atoms with E-state index in [0.717, 1.165) is 5.56 Å². The van der Waals surface area contributed by atoms with Crippen LogP contribution in [0.2, 0.25) is 5.02 Å². The van der Waals surface area contributed by atoms with Crippen molar-refractivity contribution in [2.45, 2.75) is 26.8 Å². The molecule has 2 rings (SSSR count). The number of ether oxygens (including phenoxy) is 1. The molecule has 0 aliphatic rings. The summed E-state index contributed by atoms with van der Waals surface area (Å²) in [4.78, 5) is 25.3. The van der Waals surface area contributed by atoms with Crippen molar-refractivity contribution >= 4 is 29.1 Å². The number of aryl methyl sites for hydroxylation is 1. The summed E-state index contributed by atoms with van der Waals surface area (Å²) in [5.74, 6) is -0.221. The Labute approximate surface area is 158 Å². The van der Waals surface area contributed by atoms with E-state index in [1.807, 2.05) is 32.9 Å². The minimum atomic E-state index is -0.703. The van der Waals surface area contributed by atoms with Gasteiger partial charge < -0.3 is 15.4 Å². The average Bonchev–Trinajstić information content (AvgIpc) is 2.59.